The Balaban J connectivity index is 1.94. The molecule has 1 aromatic carbocycles. The zero-order valence-corrected chi connectivity index (χ0v) is 11.1. The van der Waals surface area contributed by atoms with Crippen molar-refractivity contribution in [2.75, 3.05) is 0 Å². The van der Waals surface area contributed by atoms with E-state index in [4.69, 9.17) is 9.26 Å². The largest absolute Gasteiger partial charge is 0.444 e. The molecule has 2 aromatic rings. The number of aromatic nitrogens is 1. The SMILES string of the molecule is CC(=O)N1N=C(c2cc(C)on2)OC1c1ccccc1. The van der Waals surface area contributed by atoms with E-state index < -0.39 is 6.23 Å². The average molecular weight is 271 g/mol. The fraction of sp³-hybridized carbons (Fsp3) is 0.214. The van der Waals surface area contributed by atoms with Gasteiger partial charge in [-0.05, 0) is 6.92 Å². The summed E-state index contributed by atoms with van der Waals surface area (Å²) in [7, 11) is 0. The minimum Gasteiger partial charge on any atom is -0.444 e. The van der Waals surface area contributed by atoms with Crippen LogP contribution in [0.4, 0.5) is 0 Å². The van der Waals surface area contributed by atoms with Crippen molar-refractivity contribution in [1.82, 2.24) is 10.2 Å². The molecule has 20 heavy (non-hydrogen) atoms. The fourth-order valence-corrected chi connectivity index (χ4v) is 1.97. The van der Waals surface area contributed by atoms with Gasteiger partial charge < -0.3 is 9.26 Å². The van der Waals surface area contributed by atoms with Crippen LogP contribution in [0.1, 0.15) is 30.2 Å². The van der Waals surface area contributed by atoms with Crippen LogP contribution in [0, 0.1) is 6.92 Å². The lowest BCUT2D eigenvalue weighted by Gasteiger charge is -2.18. The molecule has 1 aliphatic heterocycles. The Bertz CT molecular complexity index is 663. The molecule has 0 saturated heterocycles. The molecule has 0 N–H and O–H groups in total. The third-order valence-electron chi connectivity index (χ3n) is 2.90. The number of rotatable bonds is 2. The molecule has 102 valence electrons. The van der Waals surface area contributed by atoms with E-state index in [9.17, 15) is 4.79 Å². The topological polar surface area (TPSA) is 67.9 Å². The van der Waals surface area contributed by atoms with Gasteiger partial charge in [-0.15, -0.1) is 5.10 Å². The van der Waals surface area contributed by atoms with E-state index in [1.54, 1.807) is 13.0 Å². The van der Waals surface area contributed by atoms with Crippen LogP contribution in [0.15, 0.2) is 46.0 Å². The molecule has 0 bridgehead atoms. The second-order valence-electron chi connectivity index (χ2n) is 4.47. The number of aryl methyl sites for hydroxylation is 1. The van der Waals surface area contributed by atoms with Crippen LogP contribution in [-0.2, 0) is 9.53 Å². The number of carbonyl (C=O) groups excluding carboxylic acids is 1. The molecule has 0 fully saturated rings. The van der Waals surface area contributed by atoms with Crippen molar-refractivity contribution in [2.24, 2.45) is 5.10 Å². The summed E-state index contributed by atoms with van der Waals surface area (Å²) in [5.74, 6) is 0.740. The molecule has 1 aliphatic rings. The van der Waals surface area contributed by atoms with Crippen LogP contribution in [-0.4, -0.2) is 22.0 Å². The van der Waals surface area contributed by atoms with Crippen molar-refractivity contribution in [1.29, 1.82) is 0 Å². The van der Waals surface area contributed by atoms with E-state index in [0.29, 0.717) is 11.5 Å². The number of carbonyl (C=O) groups is 1. The Morgan fingerprint density at radius 3 is 2.65 bits per heavy atom. The van der Waals surface area contributed by atoms with Crippen molar-refractivity contribution in [2.45, 2.75) is 20.1 Å². The second kappa shape index (κ2) is 4.80. The maximum Gasteiger partial charge on any atom is 0.263 e. The van der Waals surface area contributed by atoms with Crippen LogP contribution in [0.2, 0.25) is 0 Å². The summed E-state index contributed by atoms with van der Waals surface area (Å²) >= 11 is 0. The van der Waals surface area contributed by atoms with Crippen molar-refractivity contribution in [3.63, 3.8) is 0 Å². The van der Waals surface area contributed by atoms with Crippen LogP contribution < -0.4 is 0 Å². The van der Waals surface area contributed by atoms with Crippen molar-refractivity contribution in [3.05, 3.63) is 53.4 Å². The van der Waals surface area contributed by atoms with Gasteiger partial charge in [-0.1, -0.05) is 35.5 Å². The summed E-state index contributed by atoms with van der Waals surface area (Å²) in [6, 6.07) is 11.1. The zero-order chi connectivity index (χ0) is 14.1. The highest BCUT2D eigenvalue weighted by atomic mass is 16.5. The van der Waals surface area contributed by atoms with Gasteiger partial charge in [-0.2, -0.15) is 5.01 Å². The van der Waals surface area contributed by atoms with Gasteiger partial charge in [-0.25, -0.2) is 0 Å². The normalized spacial score (nSPS) is 17.8. The summed E-state index contributed by atoms with van der Waals surface area (Å²) in [6.07, 6.45) is -0.569. The molecule has 6 nitrogen and oxygen atoms in total. The van der Waals surface area contributed by atoms with Crippen molar-refractivity contribution >= 4 is 11.8 Å². The molecule has 6 heteroatoms. The van der Waals surface area contributed by atoms with Crippen LogP contribution >= 0.6 is 0 Å². The monoisotopic (exact) mass is 271 g/mol. The standard InChI is InChI=1S/C14H13N3O3/c1-9-8-12(16-20-9)13-15-17(10(2)18)14(19-13)11-6-4-3-5-7-11/h3-8,14H,1-2H3. The van der Waals surface area contributed by atoms with Crippen LogP contribution in [0.5, 0.6) is 0 Å². The highest BCUT2D eigenvalue weighted by molar-refractivity contribution is 5.94. The van der Waals surface area contributed by atoms with Crippen LogP contribution in [0.25, 0.3) is 0 Å². The predicted octanol–water partition coefficient (Wildman–Crippen LogP) is 2.22. The van der Waals surface area contributed by atoms with Crippen molar-refractivity contribution in [3.8, 4) is 0 Å². The van der Waals surface area contributed by atoms with Crippen molar-refractivity contribution < 1.29 is 14.1 Å². The molecule has 0 radical (unpaired) electrons. The molecule has 0 aliphatic carbocycles. The maximum atomic E-state index is 11.7. The van der Waals surface area contributed by atoms with Gasteiger partial charge in [-0.3, -0.25) is 4.79 Å². The van der Waals surface area contributed by atoms with E-state index in [1.807, 2.05) is 30.3 Å². The van der Waals surface area contributed by atoms with Crippen LogP contribution in [0.3, 0.4) is 0 Å². The van der Waals surface area contributed by atoms with Gasteiger partial charge in [0.2, 0.25) is 12.1 Å². The number of hydrogen-bond acceptors (Lipinski definition) is 5. The average Bonchev–Trinajstić information content (AvgIpc) is 3.05. The summed E-state index contributed by atoms with van der Waals surface area (Å²) in [4.78, 5) is 11.7. The molecular weight excluding hydrogens is 258 g/mol. The lowest BCUT2D eigenvalue weighted by Crippen LogP contribution is -2.25. The Morgan fingerprint density at radius 1 is 1.30 bits per heavy atom. The van der Waals surface area contributed by atoms with E-state index >= 15 is 0 Å². The van der Waals surface area contributed by atoms with E-state index in [-0.39, 0.29) is 11.8 Å². The molecule has 3 rings (SSSR count). The molecule has 1 atom stereocenters. The van der Waals surface area contributed by atoms with Gasteiger partial charge in [0, 0.05) is 18.6 Å². The Kier molecular flexibility index (Phi) is 2.98. The van der Waals surface area contributed by atoms with E-state index in [0.717, 1.165) is 5.56 Å². The summed E-state index contributed by atoms with van der Waals surface area (Å²) in [5, 5.41) is 9.34. The molecule has 1 amide bonds. The second-order valence-corrected chi connectivity index (χ2v) is 4.47. The number of hydrogen-bond donors (Lipinski definition) is 0. The van der Waals surface area contributed by atoms with Gasteiger partial charge in [0.25, 0.3) is 5.90 Å². The van der Waals surface area contributed by atoms with Gasteiger partial charge in [0.15, 0.2) is 5.69 Å². The first kappa shape index (κ1) is 12.4. The quantitative estimate of drug-likeness (QED) is 0.839. The predicted molar refractivity (Wildman–Crippen MR) is 70.6 cm³/mol. The number of benzene rings is 1. The van der Waals surface area contributed by atoms with Gasteiger partial charge in [0.05, 0.1) is 0 Å². The zero-order valence-electron chi connectivity index (χ0n) is 11.1. The summed E-state index contributed by atoms with van der Waals surface area (Å²) in [6.45, 7) is 3.23. The lowest BCUT2D eigenvalue weighted by atomic mass is 10.2. The summed E-state index contributed by atoms with van der Waals surface area (Å²) in [5.41, 5.74) is 1.33. The highest BCUT2D eigenvalue weighted by Gasteiger charge is 2.34. The first-order chi connectivity index (χ1) is 9.65. The smallest absolute Gasteiger partial charge is 0.263 e. The Labute approximate surface area is 115 Å². The van der Waals surface area contributed by atoms with Gasteiger partial charge >= 0.3 is 0 Å². The minimum atomic E-state index is -0.569. The lowest BCUT2D eigenvalue weighted by molar-refractivity contribution is -0.135. The minimum absolute atomic E-state index is 0.200. The Hall–Kier alpha value is -2.63. The fourth-order valence-electron chi connectivity index (χ4n) is 1.97. The molecular formula is C14H13N3O3. The van der Waals surface area contributed by atoms with E-state index in [2.05, 4.69) is 10.3 Å². The maximum absolute atomic E-state index is 11.7. The molecule has 0 spiro atoms. The first-order valence-corrected chi connectivity index (χ1v) is 6.19. The number of nitrogens with zero attached hydrogens (tertiary/aromatic N) is 3. The molecule has 0 saturated carbocycles. The van der Waals surface area contributed by atoms with E-state index in [1.165, 1.54) is 11.9 Å². The molecule has 1 unspecified atom stereocenters. The summed E-state index contributed by atoms with van der Waals surface area (Å²) < 4.78 is 10.8. The van der Waals surface area contributed by atoms with Gasteiger partial charge in [0.1, 0.15) is 5.76 Å². The first-order valence-electron chi connectivity index (χ1n) is 6.19. The number of amides is 1. The number of hydrazone groups is 1. The number of ether oxygens (including phenoxy) is 1. The third-order valence-corrected chi connectivity index (χ3v) is 2.90. The Morgan fingerprint density at radius 2 is 2.05 bits per heavy atom. The molecule has 2 heterocycles. The highest BCUT2D eigenvalue weighted by Crippen LogP contribution is 2.29. The third kappa shape index (κ3) is 2.16. The molecule has 1 aromatic heterocycles.